The van der Waals surface area contributed by atoms with Crippen LogP contribution in [-0.2, 0) is 10.0 Å². The molecule has 0 fully saturated rings. The number of nitrogens with one attached hydrogen (secondary N) is 2. The summed E-state index contributed by atoms with van der Waals surface area (Å²) in [6, 6.07) is 15.9. The zero-order chi connectivity index (χ0) is 14.6. The van der Waals surface area contributed by atoms with Crippen LogP contribution in [0, 0.1) is 0 Å². The van der Waals surface area contributed by atoms with Crippen molar-refractivity contribution in [1.29, 1.82) is 0 Å². The number of benzene rings is 2. The molecule has 0 spiro atoms. The fourth-order valence-electron chi connectivity index (χ4n) is 1.84. The highest BCUT2D eigenvalue weighted by molar-refractivity contribution is 7.92. The second-order valence-corrected chi connectivity index (χ2v) is 6.24. The summed E-state index contributed by atoms with van der Waals surface area (Å²) in [6.45, 7) is 1.98. The van der Waals surface area contributed by atoms with Crippen molar-refractivity contribution in [3.8, 4) is 0 Å². The molecule has 5 heteroatoms. The fourth-order valence-corrected chi connectivity index (χ4v) is 2.95. The SMILES string of the molecule is CNC(C)c1cccc(S(=O)(=O)Nc2ccccc2)c1. The zero-order valence-corrected chi connectivity index (χ0v) is 12.3. The third kappa shape index (κ3) is 3.37. The van der Waals surface area contributed by atoms with E-state index < -0.39 is 10.0 Å². The Bertz CT molecular complexity index is 669. The Morgan fingerprint density at radius 1 is 1.00 bits per heavy atom. The van der Waals surface area contributed by atoms with Crippen LogP contribution < -0.4 is 10.0 Å². The van der Waals surface area contributed by atoms with Crippen molar-refractivity contribution in [2.75, 3.05) is 11.8 Å². The monoisotopic (exact) mass is 290 g/mol. The Morgan fingerprint density at radius 2 is 1.70 bits per heavy atom. The summed E-state index contributed by atoms with van der Waals surface area (Å²) in [4.78, 5) is 0.265. The van der Waals surface area contributed by atoms with E-state index in [9.17, 15) is 8.42 Å². The summed E-state index contributed by atoms with van der Waals surface area (Å²) < 4.78 is 27.2. The van der Waals surface area contributed by atoms with Crippen molar-refractivity contribution >= 4 is 15.7 Å². The van der Waals surface area contributed by atoms with Gasteiger partial charge < -0.3 is 5.32 Å². The van der Waals surface area contributed by atoms with E-state index in [1.54, 1.807) is 42.5 Å². The van der Waals surface area contributed by atoms with Crippen molar-refractivity contribution in [3.05, 3.63) is 60.2 Å². The highest BCUT2D eigenvalue weighted by Gasteiger charge is 2.15. The third-order valence-corrected chi connectivity index (χ3v) is 4.51. The van der Waals surface area contributed by atoms with Gasteiger partial charge in [-0.3, -0.25) is 4.72 Å². The molecule has 1 unspecified atom stereocenters. The molecule has 2 aromatic rings. The molecule has 2 rings (SSSR count). The molecule has 0 aliphatic rings. The molecule has 4 nitrogen and oxygen atoms in total. The molecule has 2 N–H and O–H groups in total. The maximum absolute atomic E-state index is 12.3. The van der Waals surface area contributed by atoms with Crippen molar-refractivity contribution in [3.63, 3.8) is 0 Å². The lowest BCUT2D eigenvalue weighted by Crippen LogP contribution is -2.15. The van der Waals surface area contributed by atoms with Crippen molar-refractivity contribution in [1.82, 2.24) is 5.32 Å². The molecule has 0 heterocycles. The molecular weight excluding hydrogens is 272 g/mol. The van der Waals surface area contributed by atoms with Gasteiger partial charge in [0.2, 0.25) is 0 Å². The van der Waals surface area contributed by atoms with E-state index >= 15 is 0 Å². The predicted octanol–water partition coefficient (Wildman–Crippen LogP) is 2.77. The van der Waals surface area contributed by atoms with Gasteiger partial charge in [-0.05, 0) is 43.8 Å². The predicted molar refractivity (Wildman–Crippen MR) is 81.2 cm³/mol. The van der Waals surface area contributed by atoms with Crippen LogP contribution in [0.3, 0.4) is 0 Å². The average Bonchev–Trinajstić information content (AvgIpc) is 2.47. The smallest absolute Gasteiger partial charge is 0.261 e. The van der Waals surface area contributed by atoms with Gasteiger partial charge in [-0.15, -0.1) is 0 Å². The molecule has 0 amide bonds. The Labute approximate surface area is 119 Å². The first-order valence-corrected chi connectivity index (χ1v) is 7.86. The van der Waals surface area contributed by atoms with E-state index in [2.05, 4.69) is 10.0 Å². The van der Waals surface area contributed by atoms with Gasteiger partial charge in [0.1, 0.15) is 0 Å². The van der Waals surface area contributed by atoms with E-state index in [1.165, 1.54) is 0 Å². The number of rotatable bonds is 5. The topological polar surface area (TPSA) is 58.2 Å². The van der Waals surface area contributed by atoms with Gasteiger partial charge in [-0.2, -0.15) is 0 Å². The van der Waals surface area contributed by atoms with Gasteiger partial charge in [-0.1, -0.05) is 30.3 Å². The minimum absolute atomic E-state index is 0.0990. The third-order valence-electron chi connectivity index (χ3n) is 3.13. The molecule has 2 aromatic carbocycles. The maximum atomic E-state index is 12.3. The van der Waals surface area contributed by atoms with Gasteiger partial charge in [0.25, 0.3) is 10.0 Å². The maximum Gasteiger partial charge on any atom is 0.261 e. The fraction of sp³-hybridized carbons (Fsp3) is 0.200. The van der Waals surface area contributed by atoms with Crippen molar-refractivity contribution in [2.24, 2.45) is 0 Å². The summed E-state index contributed by atoms with van der Waals surface area (Å²) in [5.74, 6) is 0. The second-order valence-electron chi connectivity index (χ2n) is 4.55. The van der Waals surface area contributed by atoms with Crippen LogP contribution in [0.25, 0.3) is 0 Å². The van der Waals surface area contributed by atoms with E-state index in [1.807, 2.05) is 26.1 Å². The van der Waals surface area contributed by atoms with Gasteiger partial charge >= 0.3 is 0 Å². The number of hydrogen-bond acceptors (Lipinski definition) is 3. The van der Waals surface area contributed by atoms with Crippen LogP contribution in [-0.4, -0.2) is 15.5 Å². The Hall–Kier alpha value is -1.85. The largest absolute Gasteiger partial charge is 0.313 e. The zero-order valence-electron chi connectivity index (χ0n) is 11.5. The van der Waals surface area contributed by atoms with E-state index in [4.69, 9.17) is 0 Å². The summed E-state index contributed by atoms with van der Waals surface area (Å²) in [5.41, 5.74) is 1.49. The van der Waals surface area contributed by atoms with Crippen LogP contribution >= 0.6 is 0 Å². The average molecular weight is 290 g/mol. The first-order valence-electron chi connectivity index (χ1n) is 6.38. The Kier molecular flexibility index (Phi) is 4.42. The molecule has 20 heavy (non-hydrogen) atoms. The molecule has 0 saturated carbocycles. The lowest BCUT2D eigenvalue weighted by Gasteiger charge is -2.13. The van der Waals surface area contributed by atoms with Crippen LogP contribution in [0.1, 0.15) is 18.5 Å². The molecule has 0 aromatic heterocycles. The minimum Gasteiger partial charge on any atom is -0.313 e. The Balaban J connectivity index is 2.30. The minimum atomic E-state index is -3.56. The van der Waals surface area contributed by atoms with Gasteiger partial charge in [0, 0.05) is 11.7 Å². The highest BCUT2D eigenvalue weighted by atomic mass is 32.2. The summed E-state index contributed by atoms with van der Waals surface area (Å²) in [6.07, 6.45) is 0. The Morgan fingerprint density at radius 3 is 2.35 bits per heavy atom. The molecular formula is C15H18N2O2S. The van der Waals surface area contributed by atoms with E-state index in [-0.39, 0.29) is 10.9 Å². The van der Waals surface area contributed by atoms with Gasteiger partial charge in [0.15, 0.2) is 0 Å². The number of hydrogen-bond donors (Lipinski definition) is 2. The van der Waals surface area contributed by atoms with Gasteiger partial charge in [-0.25, -0.2) is 8.42 Å². The molecule has 0 aliphatic heterocycles. The molecule has 0 aliphatic carbocycles. The van der Waals surface area contributed by atoms with Crippen LogP contribution in [0.15, 0.2) is 59.5 Å². The second kappa shape index (κ2) is 6.07. The summed E-state index contributed by atoms with van der Waals surface area (Å²) in [5, 5.41) is 3.09. The standard InChI is InChI=1S/C15H18N2O2S/c1-12(16-2)13-7-6-10-15(11-13)20(18,19)17-14-8-4-3-5-9-14/h3-12,16-17H,1-2H3. The lowest BCUT2D eigenvalue weighted by atomic mass is 10.1. The molecule has 0 radical (unpaired) electrons. The molecule has 1 atom stereocenters. The van der Waals surface area contributed by atoms with Crippen LogP contribution in [0.5, 0.6) is 0 Å². The molecule has 0 bridgehead atoms. The normalized spacial score (nSPS) is 12.9. The van der Waals surface area contributed by atoms with Crippen molar-refractivity contribution < 1.29 is 8.42 Å². The van der Waals surface area contributed by atoms with Crippen LogP contribution in [0.2, 0.25) is 0 Å². The van der Waals surface area contributed by atoms with E-state index in [0.717, 1.165) is 5.56 Å². The molecule has 0 saturated heterocycles. The quantitative estimate of drug-likeness (QED) is 0.890. The van der Waals surface area contributed by atoms with Gasteiger partial charge in [0.05, 0.1) is 4.90 Å². The molecule has 106 valence electrons. The number of sulfonamides is 1. The van der Waals surface area contributed by atoms with E-state index in [0.29, 0.717) is 5.69 Å². The summed E-state index contributed by atoms with van der Waals surface area (Å²) >= 11 is 0. The highest BCUT2D eigenvalue weighted by Crippen LogP contribution is 2.19. The first kappa shape index (κ1) is 14.6. The number of para-hydroxylation sites is 1. The van der Waals surface area contributed by atoms with Crippen molar-refractivity contribution in [2.45, 2.75) is 17.9 Å². The first-order chi connectivity index (χ1) is 9.53. The summed E-state index contributed by atoms with van der Waals surface area (Å²) in [7, 11) is -1.71. The van der Waals surface area contributed by atoms with Crippen LogP contribution in [0.4, 0.5) is 5.69 Å². The lowest BCUT2D eigenvalue weighted by molar-refractivity contribution is 0.600. The number of anilines is 1.